The Kier molecular flexibility index (Phi) is 5.82. The number of likely N-dealkylation sites (N-methyl/N-ethyl adjacent to an activating group) is 1. The molecule has 0 radical (unpaired) electrons. The molecule has 0 aliphatic heterocycles. The zero-order valence-corrected chi connectivity index (χ0v) is 12.0. The van der Waals surface area contributed by atoms with Gasteiger partial charge in [-0.3, -0.25) is 9.48 Å². The zero-order chi connectivity index (χ0) is 14.4. The first-order valence-corrected chi connectivity index (χ1v) is 6.61. The summed E-state index contributed by atoms with van der Waals surface area (Å²) in [5, 5.41) is 12.9. The minimum absolute atomic E-state index is 0.0228. The number of aliphatic hydroxyl groups excluding tert-OH is 1. The smallest absolute Gasteiger partial charge is 0.244 e. The largest absolute Gasteiger partial charge is 0.396 e. The molecule has 0 aliphatic rings. The van der Waals surface area contributed by atoms with E-state index in [-0.39, 0.29) is 19.1 Å². The highest BCUT2D eigenvalue weighted by atomic mass is 16.2. The van der Waals surface area contributed by atoms with E-state index in [4.69, 9.17) is 10.8 Å². The van der Waals surface area contributed by atoms with E-state index < -0.39 is 0 Å². The average Bonchev–Trinajstić information content (AvgIpc) is 2.62. The van der Waals surface area contributed by atoms with Gasteiger partial charge in [0.1, 0.15) is 6.54 Å². The summed E-state index contributed by atoms with van der Waals surface area (Å²) in [4.78, 5) is 13.7. The molecule has 0 fully saturated rings. The van der Waals surface area contributed by atoms with Crippen LogP contribution in [0.1, 0.15) is 30.7 Å². The molecule has 1 aromatic rings. The quantitative estimate of drug-likeness (QED) is 0.713. The number of nitrogen functional groups attached to an aromatic ring is 1. The predicted molar refractivity (Wildman–Crippen MR) is 74.7 cm³/mol. The Morgan fingerprint density at radius 2 is 2.05 bits per heavy atom. The molecular formula is C13H24N4O2. The fourth-order valence-electron chi connectivity index (χ4n) is 1.88. The van der Waals surface area contributed by atoms with Gasteiger partial charge in [0.05, 0.1) is 17.1 Å². The van der Waals surface area contributed by atoms with Gasteiger partial charge >= 0.3 is 0 Å². The predicted octanol–water partition coefficient (Wildman–Crippen LogP) is 0.703. The molecule has 0 aromatic carbocycles. The van der Waals surface area contributed by atoms with E-state index in [9.17, 15) is 4.79 Å². The maximum absolute atomic E-state index is 12.0. The van der Waals surface area contributed by atoms with E-state index in [0.717, 1.165) is 30.7 Å². The van der Waals surface area contributed by atoms with E-state index in [1.54, 1.807) is 16.6 Å². The molecule has 0 atom stereocenters. The van der Waals surface area contributed by atoms with Gasteiger partial charge in [0.2, 0.25) is 5.91 Å². The Morgan fingerprint density at radius 3 is 2.58 bits per heavy atom. The molecule has 1 aromatic heterocycles. The van der Waals surface area contributed by atoms with Crippen LogP contribution in [0.15, 0.2) is 0 Å². The molecule has 0 aliphatic carbocycles. The number of aliphatic hydroxyl groups is 1. The first-order valence-electron chi connectivity index (χ1n) is 6.61. The van der Waals surface area contributed by atoms with Gasteiger partial charge in [-0.1, -0.05) is 0 Å². The molecular weight excluding hydrogens is 244 g/mol. The molecule has 108 valence electrons. The number of rotatable bonds is 7. The maximum Gasteiger partial charge on any atom is 0.244 e. The molecule has 1 amide bonds. The van der Waals surface area contributed by atoms with E-state index in [1.165, 1.54) is 0 Å². The van der Waals surface area contributed by atoms with Crippen molar-refractivity contribution >= 4 is 11.6 Å². The van der Waals surface area contributed by atoms with Gasteiger partial charge in [0.25, 0.3) is 0 Å². The maximum atomic E-state index is 12.0. The SMILES string of the molecule is Cc1nn(CC(=O)N(C)CCCCCO)c(C)c1N. The Hall–Kier alpha value is -1.56. The number of anilines is 1. The van der Waals surface area contributed by atoms with Gasteiger partial charge in [0.15, 0.2) is 0 Å². The van der Waals surface area contributed by atoms with E-state index in [1.807, 2.05) is 13.8 Å². The van der Waals surface area contributed by atoms with Crippen molar-refractivity contribution in [3.05, 3.63) is 11.4 Å². The number of carbonyl (C=O) groups excluding carboxylic acids is 1. The summed E-state index contributed by atoms with van der Waals surface area (Å²) < 4.78 is 1.65. The number of nitrogens with zero attached hydrogens (tertiary/aromatic N) is 3. The summed E-state index contributed by atoms with van der Waals surface area (Å²) in [5.41, 5.74) is 8.08. The van der Waals surface area contributed by atoms with Crippen LogP contribution in [-0.4, -0.2) is 45.9 Å². The molecule has 6 nitrogen and oxygen atoms in total. The summed E-state index contributed by atoms with van der Waals surface area (Å²) in [7, 11) is 1.79. The third kappa shape index (κ3) is 4.24. The second kappa shape index (κ2) is 7.13. The van der Waals surface area contributed by atoms with Gasteiger partial charge in [-0.25, -0.2) is 0 Å². The molecule has 0 saturated carbocycles. The van der Waals surface area contributed by atoms with Crippen molar-refractivity contribution in [2.45, 2.75) is 39.7 Å². The third-order valence-electron chi connectivity index (χ3n) is 3.30. The fourth-order valence-corrected chi connectivity index (χ4v) is 1.88. The van der Waals surface area contributed by atoms with Crippen LogP contribution in [0.4, 0.5) is 5.69 Å². The van der Waals surface area contributed by atoms with E-state index in [2.05, 4.69) is 5.10 Å². The second-order valence-corrected chi connectivity index (χ2v) is 4.84. The van der Waals surface area contributed by atoms with Crippen LogP contribution >= 0.6 is 0 Å². The molecule has 3 N–H and O–H groups in total. The third-order valence-corrected chi connectivity index (χ3v) is 3.30. The van der Waals surface area contributed by atoms with Crippen molar-refractivity contribution in [3.8, 4) is 0 Å². The van der Waals surface area contributed by atoms with Crippen molar-refractivity contribution in [2.24, 2.45) is 0 Å². The van der Waals surface area contributed by atoms with Crippen LogP contribution in [0.3, 0.4) is 0 Å². The monoisotopic (exact) mass is 268 g/mol. The Morgan fingerprint density at radius 1 is 1.37 bits per heavy atom. The topological polar surface area (TPSA) is 84.4 Å². The van der Waals surface area contributed by atoms with Gasteiger partial charge in [-0.15, -0.1) is 0 Å². The molecule has 19 heavy (non-hydrogen) atoms. The first kappa shape index (κ1) is 15.5. The number of nitrogens with two attached hydrogens (primary N) is 1. The van der Waals surface area contributed by atoms with E-state index >= 15 is 0 Å². The number of hydrogen-bond acceptors (Lipinski definition) is 4. The summed E-state index contributed by atoms with van der Waals surface area (Å²) in [6, 6.07) is 0. The molecule has 6 heteroatoms. The van der Waals surface area contributed by atoms with Crippen molar-refractivity contribution in [1.29, 1.82) is 0 Å². The average molecular weight is 268 g/mol. The Bertz CT molecular complexity index is 429. The summed E-state index contributed by atoms with van der Waals surface area (Å²) in [5.74, 6) is 0.0228. The summed E-state index contributed by atoms with van der Waals surface area (Å²) in [6.45, 7) is 4.84. The van der Waals surface area contributed by atoms with Crippen LogP contribution < -0.4 is 5.73 Å². The standard InChI is InChI=1S/C13H24N4O2/c1-10-13(14)11(2)17(15-10)9-12(19)16(3)7-5-4-6-8-18/h18H,4-9,14H2,1-3H3. The normalized spacial score (nSPS) is 10.7. The lowest BCUT2D eigenvalue weighted by Gasteiger charge is -2.17. The first-order chi connectivity index (χ1) is 8.97. The summed E-state index contributed by atoms with van der Waals surface area (Å²) in [6.07, 6.45) is 2.62. The lowest BCUT2D eigenvalue weighted by molar-refractivity contribution is -0.130. The molecule has 1 heterocycles. The molecule has 1 rings (SSSR count). The molecule has 0 saturated heterocycles. The number of aryl methyl sites for hydroxylation is 1. The second-order valence-electron chi connectivity index (χ2n) is 4.84. The van der Waals surface area contributed by atoms with Crippen molar-refractivity contribution in [3.63, 3.8) is 0 Å². The van der Waals surface area contributed by atoms with Gasteiger partial charge < -0.3 is 15.7 Å². The van der Waals surface area contributed by atoms with Crippen molar-refractivity contribution < 1.29 is 9.90 Å². The lowest BCUT2D eigenvalue weighted by Crippen LogP contribution is -2.31. The van der Waals surface area contributed by atoms with Gasteiger partial charge in [-0.2, -0.15) is 5.10 Å². The highest BCUT2D eigenvalue weighted by molar-refractivity contribution is 5.75. The molecule has 0 unspecified atom stereocenters. The lowest BCUT2D eigenvalue weighted by atomic mass is 10.2. The molecule has 0 bridgehead atoms. The Balaban J connectivity index is 2.47. The number of unbranched alkanes of at least 4 members (excludes halogenated alkanes) is 2. The number of carbonyl (C=O) groups is 1. The van der Waals surface area contributed by atoms with Crippen LogP contribution in [0.25, 0.3) is 0 Å². The number of amides is 1. The van der Waals surface area contributed by atoms with Crippen molar-refractivity contribution in [2.75, 3.05) is 25.9 Å². The highest BCUT2D eigenvalue weighted by Gasteiger charge is 2.14. The summed E-state index contributed by atoms with van der Waals surface area (Å²) >= 11 is 0. The molecule has 0 spiro atoms. The minimum atomic E-state index is 0.0228. The van der Waals surface area contributed by atoms with Gasteiger partial charge in [0, 0.05) is 20.2 Å². The highest BCUT2D eigenvalue weighted by Crippen LogP contribution is 2.14. The fraction of sp³-hybridized carbons (Fsp3) is 0.692. The minimum Gasteiger partial charge on any atom is -0.396 e. The number of hydrogen-bond donors (Lipinski definition) is 2. The zero-order valence-electron chi connectivity index (χ0n) is 12.0. The van der Waals surface area contributed by atoms with Crippen LogP contribution in [0.5, 0.6) is 0 Å². The van der Waals surface area contributed by atoms with Crippen molar-refractivity contribution in [1.82, 2.24) is 14.7 Å². The van der Waals surface area contributed by atoms with Crippen LogP contribution in [-0.2, 0) is 11.3 Å². The van der Waals surface area contributed by atoms with Crippen LogP contribution in [0, 0.1) is 13.8 Å². The number of aromatic nitrogens is 2. The van der Waals surface area contributed by atoms with E-state index in [0.29, 0.717) is 12.2 Å². The van der Waals surface area contributed by atoms with Crippen LogP contribution in [0.2, 0.25) is 0 Å². The Labute approximate surface area is 114 Å². The van der Waals surface area contributed by atoms with Gasteiger partial charge in [-0.05, 0) is 33.1 Å².